The zero-order valence-electron chi connectivity index (χ0n) is 16.4. The fourth-order valence-electron chi connectivity index (χ4n) is 3.10. The van der Waals surface area contributed by atoms with Crippen LogP contribution in [0.4, 0.5) is 18.9 Å². The zero-order valence-corrected chi connectivity index (χ0v) is 17.2. The first kappa shape index (κ1) is 22.5. The fourth-order valence-corrected chi connectivity index (χ4v) is 3.36. The van der Waals surface area contributed by atoms with Crippen molar-refractivity contribution in [3.8, 4) is 11.5 Å². The maximum atomic E-state index is 13.7. The number of carboxylic acids is 1. The Morgan fingerprint density at radius 2 is 1.94 bits per heavy atom. The second-order valence-electron chi connectivity index (χ2n) is 7.16. The molecule has 164 valence electrons. The Morgan fingerprint density at radius 1 is 1.23 bits per heavy atom. The largest absolute Gasteiger partial charge is 0.481 e. The van der Waals surface area contributed by atoms with Crippen molar-refractivity contribution in [3.63, 3.8) is 0 Å². The van der Waals surface area contributed by atoms with Gasteiger partial charge in [0.1, 0.15) is 17.7 Å². The van der Waals surface area contributed by atoms with E-state index in [0.29, 0.717) is 6.07 Å². The summed E-state index contributed by atoms with van der Waals surface area (Å²) in [6, 6.07) is 6.55. The van der Waals surface area contributed by atoms with Gasteiger partial charge in [-0.3, -0.25) is 9.59 Å². The van der Waals surface area contributed by atoms with Crippen molar-refractivity contribution >= 4 is 40.1 Å². The van der Waals surface area contributed by atoms with Crippen LogP contribution in [0.1, 0.15) is 37.3 Å². The van der Waals surface area contributed by atoms with E-state index < -0.39 is 40.8 Å². The minimum atomic E-state index is -4.84. The van der Waals surface area contributed by atoms with Crippen molar-refractivity contribution in [3.05, 3.63) is 52.7 Å². The van der Waals surface area contributed by atoms with Gasteiger partial charge in [0, 0.05) is 22.8 Å². The minimum Gasteiger partial charge on any atom is -0.481 e. The van der Waals surface area contributed by atoms with E-state index in [1.807, 2.05) is 20.0 Å². The Bertz CT molecular complexity index is 1160. The van der Waals surface area contributed by atoms with Crippen molar-refractivity contribution < 1.29 is 32.6 Å². The highest BCUT2D eigenvalue weighted by Gasteiger charge is 2.36. The van der Waals surface area contributed by atoms with E-state index in [1.165, 1.54) is 6.07 Å². The van der Waals surface area contributed by atoms with Crippen molar-refractivity contribution in [2.45, 2.75) is 32.4 Å². The van der Waals surface area contributed by atoms with Crippen LogP contribution in [0.3, 0.4) is 0 Å². The predicted molar refractivity (Wildman–Crippen MR) is 110 cm³/mol. The molecule has 0 aliphatic rings. The number of carboxylic acid groups (broad SMARTS) is 1. The Labute approximate surface area is 180 Å². The summed E-state index contributed by atoms with van der Waals surface area (Å²) in [5, 5.41) is 11.2. The van der Waals surface area contributed by atoms with Gasteiger partial charge >= 0.3 is 12.1 Å². The Morgan fingerprint density at radius 3 is 2.55 bits per heavy atom. The molecular weight excluding hydrogens is 437 g/mol. The third kappa shape index (κ3) is 5.11. The van der Waals surface area contributed by atoms with Gasteiger partial charge in [0.15, 0.2) is 5.75 Å². The summed E-state index contributed by atoms with van der Waals surface area (Å²) in [6.45, 7) is 3.98. The van der Waals surface area contributed by atoms with Crippen LogP contribution in [0.25, 0.3) is 10.9 Å². The number of carbonyl (C=O) groups excluding carboxylic acids is 1. The zero-order chi connectivity index (χ0) is 22.9. The summed E-state index contributed by atoms with van der Waals surface area (Å²) < 4.78 is 46.6. The molecule has 1 aromatic heterocycles. The van der Waals surface area contributed by atoms with Gasteiger partial charge in [-0.1, -0.05) is 25.4 Å². The van der Waals surface area contributed by atoms with Gasteiger partial charge in [-0.2, -0.15) is 13.2 Å². The summed E-state index contributed by atoms with van der Waals surface area (Å²) in [5.41, 5.74) is 0.303. The van der Waals surface area contributed by atoms with Crippen molar-refractivity contribution in [1.29, 1.82) is 0 Å². The highest BCUT2D eigenvalue weighted by atomic mass is 35.5. The van der Waals surface area contributed by atoms with Crippen LogP contribution < -0.4 is 10.1 Å². The van der Waals surface area contributed by atoms with Crippen molar-refractivity contribution in [2.24, 2.45) is 0 Å². The lowest BCUT2D eigenvalue weighted by molar-refractivity contribution is -0.140. The van der Waals surface area contributed by atoms with Crippen LogP contribution in [0, 0.1) is 0 Å². The van der Waals surface area contributed by atoms with Crippen molar-refractivity contribution in [2.75, 3.05) is 5.32 Å². The number of anilines is 1. The van der Waals surface area contributed by atoms with E-state index in [0.717, 1.165) is 22.5 Å². The summed E-state index contributed by atoms with van der Waals surface area (Å²) >= 11 is 6.06. The van der Waals surface area contributed by atoms with E-state index in [4.69, 9.17) is 21.4 Å². The monoisotopic (exact) mass is 454 g/mol. The van der Waals surface area contributed by atoms with Crippen LogP contribution in [0.5, 0.6) is 11.5 Å². The van der Waals surface area contributed by atoms with E-state index in [2.05, 4.69) is 10.3 Å². The molecule has 3 aromatic rings. The first-order valence-corrected chi connectivity index (χ1v) is 9.54. The summed E-state index contributed by atoms with van der Waals surface area (Å²) in [5.74, 6) is -2.67. The molecule has 0 fully saturated rings. The molecule has 0 radical (unpaired) electrons. The predicted octanol–water partition coefficient (Wildman–Crippen LogP) is 6.17. The Balaban J connectivity index is 2.00. The Hall–Kier alpha value is -3.20. The van der Waals surface area contributed by atoms with Crippen LogP contribution in [-0.2, 0) is 15.8 Å². The van der Waals surface area contributed by atoms with E-state index in [1.54, 1.807) is 12.1 Å². The van der Waals surface area contributed by atoms with E-state index >= 15 is 0 Å². The molecule has 1 amide bonds. The molecule has 0 aliphatic heterocycles. The summed E-state index contributed by atoms with van der Waals surface area (Å²) in [4.78, 5) is 25.3. The first-order chi connectivity index (χ1) is 14.5. The molecule has 0 unspecified atom stereocenters. The number of nitrogens with one attached hydrogen (secondary N) is 2. The van der Waals surface area contributed by atoms with Gasteiger partial charge in [0.05, 0.1) is 5.02 Å². The highest BCUT2D eigenvalue weighted by Crippen LogP contribution is 2.44. The Kier molecular flexibility index (Phi) is 6.17. The van der Waals surface area contributed by atoms with Crippen LogP contribution in [0.15, 0.2) is 36.5 Å². The van der Waals surface area contributed by atoms with Crippen LogP contribution in [-0.4, -0.2) is 22.0 Å². The molecule has 0 aliphatic carbocycles. The smallest absolute Gasteiger partial charge is 0.420 e. The van der Waals surface area contributed by atoms with Crippen molar-refractivity contribution in [1.82, 2.24) is 4.98 Å². The number of aliphatic carboxylic acids is 1. The number of amides is 1. The molecular formula is C21H18ClF3N2O4. The standard InChI is InChI=1S/C21H18ClF3N2O4/c1-10(2)14-9-26-17-4-3-12(7-13(14)17)31-20-15(21(23,24)25)5-11(6-16(20)22)27-18(28)8-19(29)30/h3-7,9-10,26H,8H2,1-2H3,(H,27,28)(H,29,30). The molecule has 0 spiro atoms. The number of benzene rings is 2. The molecule has 3 rings (SSSR count). The lowest BCUT2D eigenvalue weighted by Gasteiger charge is -2.17. The van der Waals surface area contributed by atoms with E-state index in [9.17, 15) is 22.8 Å². The van der Waals surface area contributed by atoms with Crippen LogP contribution >= 0.6 is 11.6 Å². The maximum absolute atomic E-state index is 13.7. The lowest BCUT2D eigenvalue weighted by atomic mass is 10.0. The number of H-pyrrole nitrogens is 1. The third-order valence-corrected chi connectivity index (χ3v) is 4.75. The fraction of sp³-hybridized carbons (Fsp3) is 0.238. The average molecular weight is 455 g/mol. The minimum absolute atomic E-state index is 0.157. The third-order valence-electron chi connectivity index (χ3n) is 4.47. The van der Waals surface area contributed by atoms with E-state index in [-0.39, 0.29) is 17.4 Å². The number of hydrogen-bond donors (Lipinski definition) is 3. The normalized spacial score (nSPS) is 11.7. The van der Waals surface area contributed by atoms with Gasteiger partial charge in [-0.05, 0) is 41.8 Å². The van der Waals surface area contributed by atoms with Gasteiger partial charge in [-0.25, -0.2) is 0 Å². The average Bonchev–Trinajstić information content (AvgIpc) is 3.05. The molecule has 0 saturated carbocycles. The number of ether oxygens (including phenoxy) is 1. The number of carbonyl (C=O) groups is 2. The SMILES string of the molecule is CC(C)c1c[nH]c2ccc(Oc3c(Cl)cc(NC(=O)CC(=O)O)cc3C(F)(F)F)cc12. The molecule has 10 heteroatoms. The van der Waals surface area contributed by atoms with Gasteiger partial charge in [-0.15, -0.1) is 0 Å². The number of alkyl halides is 3. The number of aromatic nitrogens is 1. The second kappa shape index (κ2) is 8.50. The summed E-state index contributed by atoms with van der Waals surface area (Å²) in [6.07, 6.45) is -3.90. The first-order valence-electron chi connectivity index (χ1n) is 9.17. The van der Waals surface area contributed by atoms with Gasteiger partial charge in [0.25, 0.3) is 0 Å². The molecule has 6 nitrogen and oxygen atoms in total. The second-order valence-corrected chi connectivity index (χ2v) is 7.57. The molecule has 31 heavy (non-hydrogen) atoms. The number of rotatable bonds is 6. The molecule has 1 heterocycles. The quantitative estimate of drug-likeness (QED) is 0.388. The number of aromatic amines is 1. The molecule has 0 saturated heterocycles. The molecule has 2 aromatic carbocycles. The molecule has 0 bridgehead atoms. The molecule has 0 atom stereocenters. The number of halogens is 4. The topological polar surface area (TPSA) is 91.4 Å². The molecule has 3 N–H and O–H groups in total. The highest BCUT2D eigenvalue weighted by molar-refractivity contribution is 6.32. The summed E-state index contributed by atoms with van der Waals surface area (Å²) in [7, 11) is 0. The van der Waals surface area contributed by atoms with Crippen LogP contribution in [0.2, 0.25) is 5.02 Å². The van der Waals surface area contributed by atoms with Gasteiger partial charge in [0.2, 0.25) is 5.91 Å². The maximum Gasteiger partial charge on any atom is 0.420 e. The number of hydrogen-bond acceptors (Lipinski definition) is 3. The number of fused-ring (bicyclic) bond motifs is 1. The van der Waals surface area contributed by atoms with Gasteiger partial charge < -0.3 is 20.1 Å². The lowest BCUT2D eigenvalue weighted by Crippen LogP contribution is -2.17.